The summed E-state index contributed by atoms with van der Waals surface area (Å²) in [5.74, 6) is 1.64. The van der Waals surface area contributed by atoms with Crippen molar-refractivity contribution in [3.05, 3.63) is 18.3 Å². The summed E-state index contributed by atoms with van der Waals surface area (Å²) in [5, 5.41) is 3.43. The lowest BCUT2D eigenvalue weighted by Gasteiger charge is -2.25. The van der Waals surface area contributed by atoms with Gasteiger partial charge >= 0.3 is 0 Å². The second kappa shape index (κ2) is 5.36. The van der Waals surface area contributed by atoms with E-state index in [1.807, 2.05) is 12.1 Å². The van der Waals surface area contributed by atoms with Crippen molar-refractivity contribution < 1.29 is 9.47 Å². The van der Waals surface area contributed by atoms with Gasteiger partial charge in [-0.05, 0) is 31.9 Å². The van der Waals surface area contributed by atoms with Gasteiger partial charge in [-0.1, -0.05) is 6.92 Å². The summed E-state index contributed by atoms with van der Waals surface area (Å²) < 4.78 is 11.1. The van der Waals surface area contributed by atoms with Gasteiger partial charge in [-0.15, -0.1) is 0 Å². The first kappa shape index (κ1) is 12.2. The molecule has 0 aliphatic carbocycles. The van der Waals surface area contributed by atoms with E-state index in [1.165, 1.54) is 0 Å². The number of ether oxygens (including phenoxy) is 2. The van der Waals surface area contributed by atoms with Crippen LogP contribution in [0.2, 0.25) is 0 Å². The Kier molecular flexibility index (Phi) is 3.84. The first-order chi connectivity index (χ1) is 8.23. The minimum absolute atomic E-state index is 0.0291. The maximum atomic E-state index is 5.68. The van der Waals surface area contributed by atoms with Crippen molar-refractivity contribution in [3.63, 3.8) is 0 Å². The zero-order chi connectivity index (χ0) is 12.1. The van der Waals surface area contributed by atoms with Crippen LogP contribution >= 0.6 is 0 Å². The molecule has 1 fully saturated rings. The number of hydrogen-bond acceptors (Lipinski definition) is 4. The van der Waals surface area contributed by atoms with Crippen LogP contribution in [0.5, 0.6) is 5.75 Å². The van der Waals surface area contributed by atoms with Crippen LogP contribution in [-0.2, 0) is 4.74 Å². The van der Waals surface area contributed by atoms with Crippen LogP contribution in [0.1, 0.15) is 26.7 Å². The standard InChI is InChI=1S/C13H20N2O2/c1-3-8-17-11-5-4-7-14-12(11)15-13(2)6-9-16-10-13/h4-5,7H,3,6,8-10H2,1-2H3,(H,14,15). The number of aromatic nitrogens is 1. The van der Waals surface area contributed by atoms with Gasteiger partial charge in [0.25, 0.3) is 0 Å². The van der Waals surface area contributed by atoms with Crippen molar-refractivity contribution in [2.45, 2.75) is 32.2 Å². The molecule has 0 saturated carbocycles. The Morgan fingerprint density at radius 3 is 3.18 bits per heavy atom. The quantitative estimate of drug-likeness (QED) is 0.853. The number of pyridine rings is 1. The Morgan fingerprint density at radius 1 is 1.59 bits per heavy atom. The van der Waals surface area contributed by atoms with Crippen LogP contribution in [0.25, 0.3) is 0 Å². The van der Waals surface area contributed by atoms with Crippen molar-refractivity contribution in [1.82, 2.24) is 4.98 Å². The largest absolute Gasteiger partial charge is 0.490 e. The van der Waals surface area contributed by atoms with E-state index < -0.39 is 0 Å². The Bertz CT molecular complexity index is 362. The summed E-state index contributed by atoms with van der Waals surface area (Å²) >= 11 is 0. The molecule has 0 bridgehead atoms. The maximum absolute atomic E-state index is 5.68. The predicted molar refractivity (Wildman–Crippen MR) is 67.5 cm³/mol. The van der Waals surface area contributed by atoms with E-state index in [0.717, 1.165) is 37.6 Å². The van der Waals surface area contributed by atoms with Gasteiger partial charge in [-0.3, -0.25) is 0 Å². The van der Waals surface area contributed by atoms with Gasteiger partial charge in [-0.2, -0.15) is 0 Å². The SMILES string of the molecule is CCCOc1cccnc1NC1(C)CCOC1. The van der Waals surface area contributed by atoms with Crippen LogP contribution < -0.4 is 10.1 Å². The van der Waals surface area contributed by atoms with Crippen molar-refractivity contribution in [2.75, 3.05) is 25.1 Å². The highest BCUT2D eigenvalue weighted by atomic mass is 16.5. The molecule has 0 spiro atoms. The van der Waals surface area contributed by atoms with Gasteiger partial charge in [-0.25, -0.2) is 4.98 Å². The minimum atomic E-state index is -0.0291. The molecule has 0 aromatic carbocycles. The third-order valence-electron chi connectivity index (χ3n) is 2.87. The number of anilines is 1. The highest BCUT2D eigenvalue weighted by molar-refractivity contribution is 5.51. The summed E-state index contributed by atoms with van der Waals surface area (Å²) in [5.41, 5.74) is -0.0291. The van der Waals surface area contributed by atoms with Crippen molar-refractivity contribution >= 4 is 5.82 Å². The topological polar surface area (TPSA) is 43.4 Å². The second-order valence-electron chi connectivity index (χ2n) is 4.69. The Morgan fingerprint density at radius 2 is 2.47 bits per heavy atom. The molecule has 4 heteroatoms. The van der Waals surface area contributed by atoms with Crippen LogP contribution in [0.3, 0.4) is 0 Å². The van der Waals surface area contributed by atoms with Gasteiger partial charge in [0.2, 0.25) is 0 Å². The van der Waals surface area contributed by atoms with Gasteiger partial charge in [0.05, 0.1) is 18.8 Å². The molecule has 94 valence electrons. The molecule has 1 N–H and O–H groups in total. The molecule has 17 heavy (non-hydrogen) atoms. The highest BCUT2D eigenvalue weighted by Gasteiger charge is 2.30. The Hall–Kier alpha value is -1.29. The van der Waals surface area contributed by atoms with Crippen LogP contribution in [0.4, 0.5) is 5.82 Å². The average molecular weight is 236 g/mol. The fourth-order valence-electron chi connectivity index (χ4n) is 1.86. The van der Waals surface area contributed by atoms with Crippen LogP contribution in [-0.4, -0.2) is 30.3 Å². The Labute approximate surface area is 102 Å². The summed E-state index contributed by atoms with van der Waals surface area (Å²) in [4.78, 5) is 4.35. The van der Waals surface area contributed by atoms with Crippen molar-refractivity contribution in [3.8, 4) is 5.75 Å². The molecule has 1 unspecified atom stereocenters. The van der Waals surface area contributed by atoms with Crippen molar-refractivity contribution in [2.24, 2.45) is 0 Å². The molecule has 4 nitrogen and oxygen atoms in total. The van der Waals surface area contributed by atoms with Gasteiger partial charge in [0, 0.05) is 12.8 Å². The molecule has 0 radical (unpaired) electrons. The molecular formula is C13H20N2O2. The fourth-order valence-corrected chi connectivity index (χ4v) is 1.86. The molecule has 1 aromatic rings. The third kappa shape index (κ3) is 3.09. The lowest BCUT2D eigenvalue weighted by molar-refractivity contribution is 0.185. The second-order valence-corrected chi connectivity index (χ2v) is 4.69. The molecule has 2 rings (SSSR count). The molecule has 1 aromatic heterocycles. The van der Waals surface area contributed by atoms with E-state index in [-0.39, 0.29) is 5.54 Å². The monoisotopic (exact) mass is 236 g/mol. The van der Waals surface area contributed by atoms with Crippen LogP contribution in [0, 0.1) is 0 Å². The zero-order valence-corrected chi connectivity index (χ0v) is 10.5. The van der Waals surface area contributed by atoms with Gasteiger partial charge < -0.3 is 14.8 Å². The summed E-state index contributed by atoms with van der Waals surface area (Å²) in [7, 11) is 0. The first-order valence-corrected chi connectivity index (χ1v) is 6.17. The van der Waals surface area contributed by atoms with E-state index in [0.29, 0.717) is 6.61 Å². The maximum Gasteiger partial charge on any atom is 0.169 e. The minimum Gasteiger partial charge on any atom is -0.490 e. The van der Waals surface area contributed by atoms with Crippen molar-refractivity contribution in [1.29, 1.82) is 0 Å². The van der Waals surface area contributed by atoms with Gasteiger partial charge in [0.15, 0.2) is 11.6 Å². The first-order valence-electron chi connectivity index (χ1n) is 6.17. The molecule has 0 amide bonds. The lowest BCUT2D eigenvalue weighted by atomic mass is 10.0. The number of hydrogen-bond donors (Lipinski definition) is 1. The average Bonchev–Trinajstić information content (AvgIpc) is 2.75. The molecule has 2 heterocycles. The molecule has 1 atom stereocenters. The van der Waals surface area contributed by atoms with E-state index in [4.69, 9.17) is 9.47 Å². The molecular weight excluding hydrogens is 216 g/mol. The number of rotatable bonds is 5. The van der Waals surface area contributed by atoms with E-state index >= 15 is 0 Å². The summed E-state index contributed by atoms with van der Waals surface area (Å²) in [6.45, 7) is 6.49. The zero-order valence-electron chi connectivity index (χ0n) is 10.5. The fraction of sp³-hybridized carbons (Fsp3) is 0.615. The molecule has 1 saturated heterocycles. The molecule has 1 aliphatic rings. The highest BCUT2D eigenvalue weighted by Crippen LogP contribution is 2.28. The normalized spacial score (nSPS) is 23.6. The number of nitrogens with one attached hydrogen (secondary N) is 1. The lowest BCUT2D eigenvalue weighted by Crippen LogP contribution is -2.35. The third-order valence-corrected chi connectivity index (χ3v) is 2.87. The van der Waals surface area contributed by atoms with E-state index in [2.05, 4.69) is 24.1 Å². The summed E-state index contributed by atoms with van der Waals surface area (Å²) in [6.07, 6.45) is 3.77. The number of nitrogens with zero attached hydrogens (tertiary/aromatic N) is 1. The summed E-state index contributed by atoms with van der Waals surface area (Å²) in [6, 6.07) is 3.84. The molecule has 1 aliphatic heterocycles. The smallest absolute Gasteiger partial charge is 0.169 e. The Balaban J connectivity index is 2.08. The van der Waals surface area contributed by atoms with E-state index in [9.17, 15) is 0 Å². The van der Waals surface area contributed by atoms with Gasteiger partial charge in [0.1, 0.15) is 0 Å². The predicted octanol–water partition coefficient (Wildman–Crippen LogP) is 2.46. The van der Waals surface area contributed by atoms with Crippen LogP contribution in [0.15, 0.2) is 18.3 Å². The van der Waals surface area contributed by atoms with E-state index in [1.54, 1.807) is 6.20 Å².